The highest BCUT2D eigenvalue weighted by Gasteiger charge is 2.09. The van der Waals surface area contributed by atoms with Gasteiger partial charge in [-0.05, 0) is 40.2 Å². The summed E-state index contributed by atoms with van der Waals surface area (Å²) in [7, 11) is 0. The van der Waals surface area contributed by atoms with Crippen LogP contribution in [0, 0.1) is 5.82 Å². The molecule has 2 aromatic rings. The first kappa shape index (κ1) is 10.5. The van der Waals surface area contributed by atoms with E-state index >= 15 is 0 Å². The lowest BCUT2D eigenvalue weighted by Crippen LogP contribution is -1.91. The Labute approximate surface area is 99.2 Å². The van der Waals surface area contributed by atoms with E-state index in [-0.39, 0.29) is 11.0 Å². The van der Waals surface area contributed by atoms with E-state index in [1.165, 1.54) is 0 Å². The van der Waals surface area contributed by atoms with Gasteiger partial charge in [0.25, 0.3) is 0 Å². The van der Waals surface area contributed by atoms with Gasteiger partial charge in [0.05, 0.1) is 10.2 Å². The third kappa shape index (κ3) is 2.16. The quantitative estimate of drug-likeness (QED) is 0.799. The van der Waals surface area contributed by atoms with Crippen molar-refractivity contribution in [2.45, 2.75) is 0 Å². The van der Waals surface area contributed by atoms with Gasteiger partial charge in [0.2, 0.25) is 0 Å². The number of nitrogens with zero attached hydrogens (tertiary/aromatic N) is 2. The molecule has 15 heavy (non-hydrogen) atoms. The van der Waals surface area contributed by atoms with Crippen LogP contribution in [0.4, 0.5) is 4.39 Å². The van der Waals surface area contributed by atoms with E-state index in [0.29, 0.717) is 15.7 Å². The Morgan fingerprint density at radius 3 is 2.60 bits per heavy atom. The Morgan fingerprint density at radius 1 is 1.13 bits per heavy atom. The van der Waals surface area contributed by atoms with Gasteiger partial charge >= 0.3 is 0 Å². The molecule has 0 aliphatic rings. The van der Waals surface area contributed by atoms with Crippen molar-refractivity contribution in [3.05, 3.63) is 45.8 Å². The summed E-state index contributed by atoms with van der Waals surface area (Å²) in [6.07, 6.45) is 0. The van der Waals surface area contributed by atoms with Gasteiger partial charge in [0.15, 0.2) is 5.15 Å². The summed E-state index contributed by atoms with van der Waals surface area (Å²) in [5.74, 6) is -0.353. The molecule has 1 aromatic heterocycles. The van der Waals surface area contributed by atoms with E-state index in [2.05, 4.69) is 26.1 Å². The fourth-order valence-electron chi connectivity index (χ4n) is 1.16. The van der Waals surface area contributed by atoms with Crippen LogP contribution in [0.5, 0.6) is 0 Å². The minimum Gasteiger partial charge on any atom is -0.205 e. The van der Waals surface area contributed by atoms with E-state index in [1.807, 2.05) is 0 Å². The van der Waals surface area contributed by atoms with Crippen LogP contribution >= 0.6 is 27.5 Å². The van der Waals surface area contributed by atoms with Gasteiger partial charge in [0, 0.05) is 5.56 Å². The number of benzene rings is 1. The van der Waals surface area contributed by atoms with Gasteiger partial charge in [-0.2, -0.15) is 0 Å². The lowest BCUT2D eigenvalue weighted by Gasteiger charge is -2.02. The normalized spacial score (nSPS) is 10.3. The highest BCUT2D eigenvalue weighted by atomic mass is 79.9. The molecule has 0 fully saturated rings. The summed E-state index contributed by atoms with van der Waals surface area (Å²) in [6.45, 7) is 0. The number of rotatable bonds is 1. The van der Waals surface area contributed by atoms with Crippen molar-refractivity contribution in [3.8, 4) is 11.3 Å². The van der Waals surface area contributed by atoms with Crippen molar-refractivity contribution in [2.75, 3.05) is 0 Å². The summed E-state index contributed by atoms with van der Waals surface area (Å²) in [4.78, 5) is 0. The Hall–Kier alpha value is -1.00. The molecule has 0 spiro atoms. The third-order valence-electron chi connectivity index (χ3n) is 1.86. The number of hydrogen-bond donors (Lipinski definition) is 0. The average Bonchev–Trinajstić information content (AvgIpc) is 2.24. The fraction of sp³-hybridized carbons (Fsp3) is 0. The van der Waals surface area contributed by atoms with E-state index < -0.39 is 0 Å². The van der Waals surface area contributed by atoms with Crippen molar-refractivity contribution in [3.63, 3.8) is 0 Å². The second-order valence-corrected chi connectivity index (χ2v) is 4.08. The summed E-state index contributed by atoms with van der Waals surface area (Å²) in [5, 5.41) is 7.75. The van der Waals surface area contributed by atoms with Crippen LogP contribution < -0.4 is 0 Å². The van der Waals surface area contributed by atoms with Gasteiger partial charge in [0.1, 0.15) is 5.82 Å². The second-order valence-electron chi connectivity index (χ2n) is 2.84. The van der Waals surface area contributed by atoms with Crippen molar-refractivity contribution in [1.82, 2.24) is 10.2 Å². The maximum absolute atomic E-state index is 13.6. The SMILES string of the molecule is Fc1c(Br)cccc1-c1ccc(Cl)nn1. The Bertz CT molecular complexity index is 487. The predicted molar refractivity (Wildman–Crippen MR) is 60.1 cm³/mol. The standard InChI is InChI=1S/C10H5BrClFN2/c11-7-3-1-2-6(10(7)13)8-4-5-9(12)15-14-8/h1-5H. The number of hydrogen-bond acceptors (Lipinski definition) is 2. The highest BCUT2D eigenvalue weighted by molar-refractivity contribution is 9.10. The van der Waals surface area contributed by atoms with Gasteiger partial charge in [-0.1, -0.05) is 17.7 Å². The molecule has 0 atom stereocenters. The Morgan fingerprint density at radius 2 is 1.93 bits per heavy atom. The molecule has 76 valence electrons. The molecular weight excluding hydrogens is 282 g/mol. The molecule has 0 unspecified atom stereocenters. The molecule has 1 aromatic carbocycles. The molecule has 0 radical (unpaired) electrons. The molecule has 0 saturated heterocycles. The largest absolute Gasteiger partial charge is 0.205 e. The number of aromatic nitrogens is 2. The highest BCUT2D eigenvalue weighted by Crippen LogP contribution is 2.26. The van der Waals surface area contributed by atoms with Crippen LogP contribution in [0.25, 0.3) is 11.3 Å². The molecule has 0 saturated carbocycles. The molecule has 0 amide bonds. The van der Waals surface area contributed by atoms with Gasteiger partial charge in [-0.3, -0.25) is 0 Å². The average molecular weight is 288 g/mol. The topological polar surface area (TPSA) is 25.8 Å². The van der Waals surface area contributed by atoms with Gasteiger partial charge in [-0.15, -0.1) is 10.2 Å². The zero-order chi connectivity index (χ0) is 10.8. The van der Waals surface area contributed by atoms with Crippen molar-refractivity contribution in [1.29, 1.82) is 0 Å². The fourth-order valence-corrected chi connectivity index (χ4v) is 1.63. The minimum absolute atomic E-state index is 0.286. The van der Waals surface area contributed by atoms with Crippen molar-refractivity contribution < 1.29 is 4.39 Å². The first-order valence-corrected chi connectivity index (χ1v) is 5.29. The number of halogens is 3. The maximum atomic E-state index is 13.6. The molecule has 0 bridgehead atoms. The minimum atomic E-state index is -0.353. The van der Waals surface area contributed by atoms with E-state index in [9.17, 15) is 4.39 Å². The van der Waals surface area contributed by atoms with E-state index in [4.69, 9.17) is 11.6 Å². The van der Waals surface area contributed by atoms with Crippen LogP contribution in [0.3, 0.4) is 0 Å². The zero-order valence-corrected chi connectivity index (χ0v) is 9.76. The van der Waals surface area contributed by atoms with Crippen LogP contribution in [0.15, 0.2) is 34.8 Å². The first-order chi connectivity index (χ1) is 7.18. The summed E-state index contributed by atoms with van der Waals surface area (Å²) >= 11 is 8.70. The monoisotopic (exact) mass is 286 g/mol. The molecule has 0 aliphatic carbocycles. The summed E-state index contributed by atoms with van der Waals surface area (Å²) < 4.78 is 14.0. The molecule has 0 N–H and O–H groups in total. The lowest BCUT2D eigenvalue weighted by atomic mass is 10.1. The second kappa shape index (κ2) is 4.24. The lowest BCUT2D eigenvalue weighted by molar-refractivity contribution is 0.623. The predicted octanol–water partition coefficient (Wildman–Crippen LogP) is 3.70. The molecule has 1 heterocycles. The van der Waals surface area contributed by atoms with Crippen LogP contribution in [0.2, 0.25) is 5.15 Å². The van der Waals surface area contributed by atoms with Gasteiger partial charge in [-0.25, -0.2) is 4.39 Å². The van der Waals surface area contributed by atoms with Crippen molar-refractivity contribution in [2.24, 2.45) is 0 Å². The maximum Gasteiger partial charge on any atom is 0.151 e. The Kier molecular flexibility index (Phi) is 2.98. The molecular formula is C10H5BrClFN2. The third-order valence-corrected chi connectivity index (χ3v) is 2.67. The van der Waals surface area contributed by atoms with Crippen LogP contribution in [-0.2, 0) is 0 Å². The molecule has 2 nitrogen and oxygen atoms in total. The summed E-state index contributed by atoms with van der Waals surface area (Å²) in [5.41, 5.74) is 0.853. The summed E-state index contributed by atoms with van der Waals surface area (Å²) in [6, 6.07) is 8.20. The van der Waals surface area contributed by atoms with Crippen molar-refractivity contribution >= 4 is 27.5 Å². The van der Waals surface area contributed by atoms with Gasteiger partial charge < -0.3 is 0 Å². The van der Waals surface area contributed by atoms with Crippen LogP contribution in [0.1, 0.15) is 0 Å². The molecule has 0 aliphatic heterocycles. The molecule has 5 heteroatoms. The molecule has 2 rings (SSSR count). The smallest absolute Gasteiger partial charge is 0.151 e. The van der Waals surface area contributed by atoms with Crippen LogP contribution in [-0.4, -0.2) is 10.2 Å². The van der Waals surface area contributed by atoms with E-state index in [0.717, 1.165) is 0 Å². The Balaban J connectivity index is 2.54. The first-order valence-electron chi connectivity index (χ1n) is 4.12. The van der Waals surface area contributed by atoms with E-state index in [1.54, 1.807) is 30.3 Å². The zero-order valence-electron chi connectivity index (χ0n) is 7.42.